The predicted molar refractivity (Wildman–Crippen MR) is 86.7 cm³/mol. The summed E-state index contributed by atoms with van der Waals surface area (Å²) in [5.41, 5.74) is 5.76. The zero-order chi connectivity index (χ0) is 17.5. The van der Waals surface area contributed by atoms with E-state index in [-0.39, 0.29) is 6.54 Å². The average Bonchev–Trinajstić information content (AvgIpc) is 3.10. The van der Waals surface area contributed by atoms with Gasteiger partial charge in [-0.05, 0) is 35.7 Å². The highest BCUT2D eigenvalue weighted by Gasteiger charge is 2.15. The zero-order valence-electron chi connectivity index (χ0n) is 13.5. The Hall–Kier alpha value is -3.09. The molecule has 0 spiro atoms. The van der Waals surface area contributed by atoms with Crippen molar-refractivity contribution in [2.45, 2.75) is 26.3 Å². The number of hydrogen-bond donors (Lipinski definition) is 3. The lowest BCUT2D eigenvalue weighted by Crippen LogP contribution is -2.48. The van der Waals surface area contributed by atoms with Gasteiger partial charge in [0.25, 0.3) is 5.91 Å². The third kappa shape index (κ3) is 4.70. The smallest absolute Gasteiger partial charge is 0.327 e. The Bertz CT molecular complexity index is 706. The van der Waals surface area contributed by atoms with E-state index < -0.39 is 17.7 Å². The van der Waals surface area contributed by atoms with Gasteiger partial charge in [-0.2, -0.15) is 0 Å². The van der Waals surface area contributed by atoms with Gasteiger partial charge in [0.2, 0.25) is 0 Å². The molecule has 7 nitrogen and oxygen atoms in total. The monoisotopic (exact) mass is 329 g/mol. The third-order valence-electron chi connectivity index (χ3n) is 3.34. The number of benzene rings is 1. The second kappa shape index (κ2) is 7.96. The summed E-state index contributed by atoms with van der Waals surface area (Å²) in [6.45, 7) is 4.19. The van der Waals surface area contributed by atoms with Gasteiger partial charge in [-0.1, -0.05) is 26.0 Å². The number of furan rings is 1. The SMILES string of the molecule is CC(C)c1ccc(C(=O)NNC(=O)C(=O)NCc2ccco2)cc1. The van der Waals surface area contributed by atoms with Crippen molar-refractivity contribution in [2.75, 3.05) is 0 Å². The van der Waals surface area contributed by atoms with E-state index in [4.69, 9.17) is 4.42 Å². The molecule has 0 aliphatic heterocycles. The van der Waals surface area contributed by atoms with Crippen molar-refractivity contribution in [1.82, 2.24) is 16.2 Å². The van der Waals surface area contributed by atoms with Gasteiger partial charge in [0.05, 0.1) is 12.8 Å². The maximum Gasteiger partial charge on any atom is 0.327 e. The van der Waals surface area contributed by atoms with Gasteiger partial charge in [0, 0.05) is 5.56 Å². The van der Waals surface area contributed by atoms with Gasteiger partial charge < -0.3 is 9.73 Å². The number of hydrazine groups is 1. The maximum atomic E-state index is 11.9. The van der Waals surface area contributed by atoms with E-state index in [1.165, 1.54) is 6.26 Å². The molecule has 0 aliphatic carbocycles. The lowest BCUT2D eigenvalue weighted by Gasteiger charge is -2.09. The first-order valence-corrected chi connectivity index (χ1v) is 7.48. The molecule has 2 aromatic rings. The van der Waals surface area contributed by atoms with Crippen LogP contribution in [0.25, 0.3) is 0 Å². The lowest BCUT2D eigenvalue weighted by molar-refractivity contribution is -0.139. The molecule has 7 heteroatoms. The predicted octanol–water partition coefficient (Wildman–Crippen LogP) is 1.48. The van der Waals surface area contributed by atoms with Crippen molar-refractivity contribution in [3.63, 3.8) is 0 Å². The summed E-state index contributed by atoms with van der Waals surface area (Å²) in [5.74, 6) is -1.46. The van der Waals surface area contributed by atoms with Crippen LogP contribution in [0.4, 0.5) is 0 Å². The molecule has 0 bridgehead atoms. The van der Waals surface area contributed by atoms with Crippen LogP contribution in [0.3, 0.4) is 0 Å². The zero-order valence-corrected chi connectivity index (χ0v) is 13.5. The van der Waals surface area contributed by atoms with E-state index in [0.717, 1.165) is 5.56 Å². The molecular formula is C17H19N3O4. The van der Waals surface area contributed by atoms with E-state index in [1.807, 2.05) is 12.1 Å². The van der Waals surface area contributed by atoms with Crippen LogP contribution in [-0.2, 0) is 16.1 Å². The van der Waals surface area contributed by atoms with E-state index in [0.29, 0.717) is 17.2 Å². The maximum absolute atomic E-state index is 11.9. The fourth-order valence-electron chi connectivity index (χ4n) is 1.92. The van der Waals surface area contributed by atoms with Crippen molar-refractivity contribution in [2.24, 2.45) is 0 Å². The van der Waals surface area contributed by atoms with E-state index >= 15 is 0 Å². The normalized spacial score (nSPS) is 10.3. The van der Waals surface area contributed by atoms with E-state index in [9.17, 15) is 14.4 Å². The van der Waals surface area contributed by atoms with Crippen molar-refractivity contribution < 1.29 is 18.8 Å². The van der Waals surface area contributed by atoms with Crippen LogP contribution in [0.1, 0.15) is 41.4 Å². The summed E-state index contributed by atoms with van der Waals surface area (Å²) in [7, 11) is 0. The Labute approximate surface area is 139 Å². The summed E-state index contributed by atoms with van der Waals surface area (Å²) >= 11 is 0. The quantitative estimate of drug-likeness (QED) is 0.584. The number of nitrogens with one attached hydrogen (secondary N) is 3. The standard InChI is InChI=1S/C17H19N3O4/c1-11(2)12-5-7-13(8-6-12)15(21)19-20-17(23)16(22)18-10-14-4-3-9-24-14/h3-9,11H,10H2,1-2H3,(H,18,22)(H,19,21)(H,20,23). The molecule has 3 N–H and O–H groups in total. The van der Waals surface area contributed by atoms with Gasteiger partial charge in [-0.15, -0.1) is 0 Å². The molecule has 1 heterocycles. The Kier molecular flexibility index (Phi) is 5.73. The highest BCUT2D eigenvalue weighted by Crippen LogP contribution is 2.14. The molecule has 0 radical (unpaired) electrons. The molecule has 0 atom stereocenters. The fraction of sp³-hybridized carbons (Fsp3) is 0.235. The molecule has 1 aromatic heterocycles. The number of hydrogen-bond acceptors (Lipinski definition) is 4. The first-order valence-electron chi connectivity index (χ1n) is 7.48. The van der Waals surface area contributed by atoms with Gasteiger partial charge in [-0.3, -0.25) is 25.2 Å². The van der Waals surface area contributed by atoms with Crippen LogP contribution >= 0.6 is 0 Å². The average molecular weight is 329 g/mol. The third-order valence-corrected chi connectivity index (χ3v) is 3.34. The minimum atomic E-state index is -0.964. The molecule has 0 unspecified atom stereocenters. The Balaban J connectivity index is 1.79. The first-order chi connectivity index (χ1) is 11.5. The molecule has 1 aromatic carbocycles. The minimum Gasteiger partial charge on any atom is -0.467 e. The lowest BCUT2D eigenvalue weighted by atomic mass is 10.0. The second-order valence-corrected chi connectivity index (χ2v) is 5.45. The van der Waals surface area contributed by atoms with E-state index in [2.05, 4.69) is 30.0 Å². The summed E-state index contributed by atoms with van der Waals surface area (Å²) in [6.07, 6.45) is 1.46. The highest BCUT2D eigenvalue weighted by molar-refractivity contribution is 6.35. The van der Waals surface area contributed by atoms with Gasteiger partial charge in [-0.25, -0.2) is 0 Å². The topological polar surface area (TPSA) is 100 Å². The van der Waals surface area contributed by atoms with E-state index in [1.54, 1.807) is 24.3 Å². The molecule has 126 valence electrons. The van der Waals surface area contributed by atoms with Crippen molar-refractivity contribution in [3.05, 3.63) is 59.5 Å². The van der Waals surface area contributed by atoms with Crippen LogP contribution in [0.2, 0.25) is 0 Å². The van der Waals surface area contributed by atoms with Crippen LogP contribution in [0, 0.1) is 0 Å². The van der Waals surface area contributed by atoms with Gasteiger partial charge in [0.1, 0.15) is 5.76 Å². The molecule has 3 amide bonds. The Morgan fingerprint density at radius 3 is 2.29 bits per heavy atom. The molecule has 24 heavy (non-hydrogen) atoms. The number of rotatable bonds is 4. The molecule has 0 fully saturated rings. The van der Waals surface area contributed by atoms with Crippen LogP contribution in [0.15, 0.2) is 47.1 Å². The molecular weight excluding hydrogens is 310 g/mol. The number of carbonyl (C=O) groups is 3. The summed E-state index contributed by atoms with van der Waals surface area (Å²) in [5, 5.41) is 2.37. The highest BCUT2D eigenvalue weighted by atomic mass is 16.3. The summed E-state index contributed by atoms with van der Waals surface area (Å²) in [6, 6.07) is 10.4. The molecule has 2 rings (SSSR count). The first kappa shape index (κ1) is 17.3. The van der Waals surface area contributed by atoms with Gasteiger partial charge in [0.15, 0.2) is 0 Å². The van der Waals surface area contributed by atoms with Crippen LogP contribution in [0.5, 0.6) is 0 Å². The molecule has 0 saturated heterocycles. The second-order valence-electron chi connectivity index (χ2n) is 5.45. The molecule has 0 aliphatic rings. The molecule has 0 saturated carbocycles. The summed E-state index contributed by atoms with van der Waals surface area (Å²) < 4.78 is 5.03. The van der Waals surface area contributed by atoms with Gasteiger partial charge >= 0.3 is 11.8 Å². The number of amides is 3. The number of carbonyl (C=O) groups excluding carboxylic acids is 3. The fourth-order valence-corrected chi connectivity index (χ4v) is 1.92. The van der Waals surface area contributed by atoms with Crippen molar-refractivity contribution in [1.29, 1.82) is 0 Å². The largest absolute Gasteiger partial charge is 0.467 e. The Morgan fingerprint density at radius 2 is 1.71 bits per heavy atom. The van der Waals surface area contributed by atoms with Crippen LogP contribution < -0.4 is 16.2 Å². The summed E-state index contributed by atoms with van der Waals surface area (Å²) in [4.78, 5) is 35.1. The Morgan fingerprint density at radius 1 is 1.00 bits per heavy atom. The van der Waals surface area contributed by atoms with Crippen LogP contribution in [-0.4, -0.2) is 17.7 Å². The minimum absolute atomic E-state index is 0.0872. The van der Waals surface area contributed by atoms with Crippen molar-refractivity contribution in [3.8, 4) is 0 Å². The van der Waals surface area contributed by atoms with Crippen molar-refractivity contribution >= 4 is 17.7 Å².